The van der Waals surface area contributed by atoms with Crippen LogP contribution in [0, 0.1) is 6.92 Å². The number of para-hydroxylation sites is 1. The van der Waals surface area contributed by atoms with Gasteiger partial charge in [-0.2, -0.15) is 0 Å². The molecule has 0 aliphatic rings. The zero-order valence-corrected chi connectivity index (χ0v) is 21.5. The van der Waals surface area contributed by atoms with E-state index >= 15 is 0 Å². The van der Waals surface area contributed by atoms with Crippen LogP contribution in [0.5, 0.6) is 17.4 Å². The van der Waals surface area contributed by atoms with Crippen molar-refractivity contribution < 1.29 is 9.84 Å². The number of benzene rings is 3. The van der Waals surface area contributed by atoms with E-state index in [-0.39, 0.29) is 5.75 Å². The number of fused-ring (bicyclic) bond motifs is 4. The Morgan fingerprint density at radius 1 is 0.946 bits per heavy atom. The smallest absolute Gasteiger partial charge is 0.219 e. The third-order valence-corrected chi connectivity index (χ3v) is 7.00. The maximum atomic E-state index is 10.7. The van der Waals surface area contributed by atoms with Crippen LogP contribution in [-0.2, 0) is 6.42 Å². The minimum Gasteiger partial charge on any atom is -0.506 e. The molecule has 6 aromatic rings. The summed E-state index contributed by atoms with van der Waals surface area (Å²) in [6.07, 6.45) is 2.70. The second-order valence-electron chi connectivity index (χ2n) is 9.89. The molecular weight excluding hydrogens is 458 g/mol. The highest BCUT2D eigenvalue weighted by Crippen LogP contribution is 2.38. The first-order valence-electron chi connectivity index (χ1n) is 12.7. The van der Waals surface area contributed by atoms with Gasteiger partial charge in [-0.3, -0.25) is 4.57 Å². The molecule has 0 saturated heterocycles. The first-order valence-corrected chi connectivity index (χ1v) is 12.7. The normalized spacial score (nSPS) is 11.7. The summed E-state index contributed by atoms with van der Waals surface area (Å²) in [7, 11) is 0. The molecule has 0 spiro atoms. The number of hydrogen-bond donors (Lipinski definition) is 1. The Labute approximate surface area is 216 Å². The second-order valence-corrected chi connectivity index (χ2v) is 9.89. The first-order chi connectivity index (χ1) is 17.9. The summed E-state index contributed by atoms with van der Waals surface area (Å²) in [6, 6.07) is 24.4. The van der Waals surface area contributed by atoms with Crippen LogP contribution in [0.25, 0.3) is 38.5 Å². The Balaban J connectivity index is 1.52. The molecule has 0 unspecified atom stereocenters. The summed E-state index contributed by atoms with van der Waals surface area (Å²) in [6.45, 7) is 8.46. The van der Waals surface area contributed by atoms with E-state index in [1.807, 2.05) is 24.4 Å². The van der Waals surface area contributed by atoms with E-state index in [2.05, 4.69) is 85.8 Å². The summed E-state index contributed by atoms with van der Waals surface area (Å²) < 4.78 is 8.53. The third kappa shape index (κ3) is 3.97. The monoisotopic (exact) mass is 487 g/mol. The highest BCUT2D eigenvalue weighted by molar-refractivity contribution is 6.11. The van der Waals surface area contributed by atoms with Crippen LogP contribution in [0.2, 0.25) is 0 Å². The van der Waals surface area contributed by atoms with Crippen LogP contribution in [0.3, 0.4) is 0 Å². The molecule has 0 aliphatic heterocycles. The molecule has 0 atom stereocenters. The fourth-order valence-electron chi connectivity index (χ4n) is 5.11. The SMILES string of the molecule is CCc1cc(Oc2ccc3cc(C(C)C)cc(O)c3n2)cc2c1c1ccccc1n2-c1cc(C)ccn1. The lowest BCUT2D eigenvalue weighted by Gasteiger charge is -2.12. The van der Waals surface area contributed by atoms with Gasteiger partial charge >= 0.3 is 0 Å². The van der Waals surface area contributed by atoms with Crippen LogP contribution >= 0.6 is 0 Å². The summed E-state index contributed by atoms with van der Waals surface area (Å²) in [4.78, 5) is 9.35. The van der Waals surface area contributed by atoms with E-state index < -0.39 is 0 Å². The van der Waals surface area contributed by atoms with E-state index in [9.17, 15) is 5.11 Å². The quantitative estimate of drug-likeness (QED) is 0.266. The van der Waals surface area contributed by atoms with Gasteiger partial charge in [0.2, 0.25) is 5.88 Å². The van der Waals surface area contributed by atoms with Gasteiger partial charge in [0.05, 0.1) is 11.0 Å². The maximum Gasteiger partial charge on any atom is 0.219 e. The fourth-order valence-corrected chi connectivity index (χ4v) is 5.11. The number of rotatable bonds is 5. The zero-order valence-electron chi connectivity index (χ0n) is 21.5. The molecule has 0 amide bonds. The molecule has 6 rings (SSSR count). The number of hydrogen-bond acceptors (Lipinski definition) is 4. The van der Waals surface area contributed by atoms with Crippen molar-refractivity contribution >= 4 is 32.7 Å². The average Bonchev–Trinajstić information content (AvgIpc) is 3.22. The number of phenols is 1. The Hall–Kier alpha value is -4.38. The van der Waals surface area contributed by atoms with Crippen LogP contribution in [0.4, 0.5) is 0 Å². The highest BCUT2D eigenvalue weighted by Gasteiger charge is 2.18. The van der Waals surface area contributed by atoms with Crippen molar-refractivity contribution in [3.8, 4) is 23.2 Å². The van der Waals surface area contributed by atoms with Gasteiger partial charge in [0, 0.05) is 34.5 Å². The summed E-state index contributed by atoms with van der Waals surface area (Å²) in [5.74, 6) is 2.51. The third-order valence-electron chi connectivity index (χ3n) is 7.00. The highest BCUT2D eigenvalue weighted by atomic mass is 16.5. The molecule has 0 fully saturated rings. The van der Waals surface area contributed by atoms with Gasteiger partial charge in [0.1, 0.15) is 22.8 Å². The van der Waals surface area contributed by atoms with E-state index in [4.69, 9.17) is 9.72 Å². The Morgan fingerprint density at radius 3 is 2.57 bits per heavy atom. The van der Waals surface area contributed by atoms with Crippen molar-refractivity contribution in [1.82, 2.24) is 14.5 Å². The number of aryl methyl sites for hydroxylation is 2. The predicted molar refractivity (Wildman–Crippen MR) is 150 cm³/mol. The molecule has 3 aromatic heterocycles. The van der Waals surface area contributed by atoms with Crippen molar-refractivity contribution in [2.45, 2.75) is 40.0 Å². The van der Waals surface area contributed by atoms with Crippen LogP contribution in [0.1, 0.15) is 43.4 Å². The Kier molecular flexibility index (Phi) is 5.56. The number of phenolic OH excluding ortho intramolecular Hbond substituents is 1. The average molecular weight is 488 g/mol. The van der Waals surface area contributed by atoms with Gasteiger partial charge in [0.15, 0.2) is 0 Å². The van der Waals surface area contributed by atoms with Gasteiger partial charge in [0.25, 0.3) is 0 Å². The van der Waals surface area contributed by atoms with Crippen molar-refractivity contribution in [3.63, 3.8) is 0 Å². The lowest BCUT2D eigenvalue weighted by Crippen LogP contribution is -1.98. The molecular formula is C32H29N3O2. The molecule has 3 aromatic carbocycles. The molecule has 5 nitrogen and oxygen atoms in total. The molecule has 0 saturated carbocycles. The number of aromatic nitrogens is 3. The molecule has 1 N–H and O–H groups in total. The second kappa shape index (κ2) is 8.93. The lowest BCUT2D eigenvalue weighted by atomic mass is 10.0. The molecule has 0 radical (unpaired) electrons. The van der Waals surface area contributed by atoms with Gasteiger partial charge in [-0.25, -0.2) is 9.97 Å². The fraction of sp³-hybridized carbons (Fsp3) is 0.188. The molecule has 5 heteroatoms. The van der Waals surface area contributed by atoms with Crippen molar-refractivity contribution in [2.24, 2.45) is 0 Å². The summed E-state index contributed by atoms with van der Waals surface area (Å²) in [5, 5.41) is 13.9. The Morgan fingerprint density at radius 2 is 1.78 bits per heavy atom. The minimum absolute atomic E-state index is 0.169. The molecule has 0 bridgehead atoms. The number of ether oxygens (including phenoxy) is 1. The minimum atomic E-state index is 0.169. The number of aromatic hydroxyl groups is 1. The van der Waals surface area contributed by atoms with Gasteiger partial charge in [-0.1, -0.05) is 39.0 Å². The molecule has 184 valence electrons. The summed E-state index contributed by atoms with van der Waals surface area (Å²) in [5.41, 5.74) is 6.11. The van der Waals surface area contributed by atoms with Crippen LogP contribution < -0.4 is 4.74 Å². The van der Waals surface area contributed by atoms with Crippen molar-refractivity contribution in [3.05, 3.63) is 95.7 Å². The standard InChI is InChI=1S/C32H29N3O2/c1-5-21-16-24(37-30-11-10-22-15-23(19(2)3)17-28(36)32(22)34-30)18-27-31(21)25-8-6-7-9-26(25)35(27)29-14-20(4)12-13-33-29/h6-19,36H,5H2,1-4H3. The number of nitrogens with zero attached hydrogens (tertiary/aromatic N) is 3. The van der Waals surface area contributed by atoms with Crippen LogP contribution in [-0.4, -0.2) is 19.6 Å². The molecule has 37 heavy (non-hydrogen) atoms. The van der Waals surface area contributed by atoms with E-state index in [1.165, 1.54) is 16.3 Å². The lowest BCUT2D eigenvalue weighted by molar-refractivity contribution is 0.459. The van der Waals surface area contributed by atoms with E-state index in [0.29, 0.717) is 23.1 Å². The van der Waals surface area contributed by atoms with Gasteiger partial charge in [-0.15, -0.1) is 0 Å². The van der Waals surface area contributed by atoms with E-state index in [0.717, 1.165) is 39.8 Å². The maximum absolute atomic E-state index is 10.7. The van der Waals surface area contributed by atoms with Crippen LogP contribution in [0.15, 0.2) is 79.0 Å². The van der Waals surface area contributed by atoms with Gasteiger partial charge in [-0.05, 0) is 78.4 Å². The predicted octanol–water partition coefficient (Wildman–Crippen LogP) is 8.22. The summed E-state index contributed by atoms with van der Waals surface area (Å²) >= 11 is 0. The van der Waals surface area contributed by atoms with Gasteiger partial charge < -0.3 is 9.84 Å². The first kappa shape index (κ1) is 23.0. The molecule has 0 aliphatic carbocycles. The number of pyridine rings is 2. The van der Waals surface area contributed by atoms with Crippen molar-refractivity contribution in [1.29, 1.82) is 0 Å². The zero-order chi connectivity index (χ0) is 25.7. The Bertz CT molecular complexity index is 1800. The molecule has 3 heterocycles. The largest absolute Gasteiger partial charge is 0.506 e. The topological polar surface area (TPSA) is 60.2 Å². The van der Waals surface area contributed by atoms with Crippen molar-refractivity contribution in [2.75, 3.05) is 0 Å². The van der Waals surface area contributed by atoms with E-state index in [1.54, 1.807) is 6.07 Å².